The molecule has 0 spiro atoms. The normalized spacial score (nSPS) is 28.3. The molecule has 1 unspecified atom stereocenters. The molecule has 4 bridgehead atoms. The number of aromatic nitrogens is 1. The fraction of sp³-hybridized carbons (Fsp3) is 0.553. The molecule has 3 aliphatic carbocycles. The predicted octanol–water partition coefficient (Wildman–Crippen LogP) is 7.42. The van der Waals surface area contributed by atoms with Crippen LogP contribution < -0.4 is 9.46 Å². The molecule has 5 aliphatic rings. The SMILES string of the molecule is C=C[C@@H]1C[C@]1(CC(=O)[C@@H]1C[C@@H]2CN1C(=O)[C@H](C1CCCCC1)CC(=O)OCC(C)CCCc1cc3c(cc(-c4ccccc4)nc3cc1C)O2)C(=O)NS(=O)(=O)C1CC1. The third-order valence-electron chi connectivity index (χ3n) is 13.7. The van der Waals surface area contributed by atoms with Gasteiger partial charge in [-0.25, -0.2) is 13.4 Å². The first kappa shape index (κ1) is 41.2. The summed E-state index contributed by atoms with van der Waals surface area (Å²) < 4.78 is 40.9. The second-order valence-electron chi connectivity index (χ2n) is 18.1. The molecular formula is C47H57N3O8S. The lowest BCUT2D eigenvalue weighted by Crippen LogP contribution is -2.48. The third kappa shape index (κ3) is 8.84. The molecule has 1 aromatic heterocycles. The summed E-state index contributed by atoms with van der Waals surface area (Å²) in [6.45, 7) is 8.42. The lowest BCUT2D eigenvalue weighted by Gasteiger charge is -2.34. The van der Waals surface area contributed by atoms with Gasteiger partial charge in [-0.15, -0.1) is 6.58 Å². The van der Waals surface area contributed by atoms with E-state index in [9.17, 15) is 22.8 Å². The summed E-state index contributed by atoms with van der Waals surface area (Å²) in [5.41, 5.74) is 3.46. The maximum Gasteiger partial charge on any atom is 0.306 e. The molecule has 1 saturated heterocycles. The van der Waals surface area contributed by atoms with E-state index in [0.717, 1.165) is 79.1 Å². The van der Waals surface area contributed by atoms with Gasteiger partial charge in [0.2, 0.25) is 21.8 Å². The van der Waals surface area contributed by atoms with Crippen molar-refractivity contribution in [2.45, 2.75) is 121 Å². The van der Waals surface area contributed by atoms with E-state index < -0.39 is 50.6 Å². The summed E-state index contributed by atoms with van der Waals surface area (Å²) in [5.74, 6) is -2.08. The Labute approximate surface area is 347 Å². The van der Waals surface area contributed by atoms with E-state index in [2.05, 4.69) is 37.3 Å². The number of benzene rings is 2. The van der Waals surface area contributed by atoms with Crippen LogP contribution in [-0.2, 0) is 40.4 Å². The van der Waals surface area contributed by atoms with Crippen LogP contribution in [0.2, 0.25) is 0 Å². The first-order valence-electron chi connectivity index (χ1n) is 21.7. The summed E-state index contributed by atoms with van der Waals surface area (Å²) in [7, 11) is -3.85. The number of aryl methyl sites for hydroxylation is 2. The second-order valence-corrected chi connectivity index (χ2v) is 20.0. The second kappa shape index (κ2) is 16.8. The molecule has 314 valence electrons. The average Bonchev–Trinajstić information content (AvgIpc) is 4.16. The van der Waals surface area contributed by atoms with Gasteiger partial charge in [0.25, 0.3) is 0 Å². The Morgan fingerprint density at radius 3 is 2.49 bits per heavy atom. The maximum atomic E-state index is 15.1. The number of fused-ring (bicyclic) bond motifs is 3. The monoisotopic (exact) mass is 823 g/mol. The Kier molecular flexibility index (Phi) is 11.7. The molecule has 11 nitrogen and oxygen atoms in total. The average molecular weight is 824 g/mol. The van der Waals surface area contributed by atoms with Gasteiger partial charge in [0.1, 0.15) is 11.9 Å². The number of ketones is 1. The van der Waals surface area contributed by atoms with Crippen LogP contribution in [0.15, 0.2) is 61.2 Å². The summed E-state index contributed by atoms with van der Waals surface area (Å²) in [5, 5.41) is 0.248. The maximum absolute atomic E-state index is 15.1. The van der Waals surface area contributed by atoms with Gasteiger partial charge >= 0.3 is 5.97 Å². The molecule has 1 N–H and O–H groups in total. The molecular weight excluding hydrogens is 767 g/mol. The first-order chi connectivity index (χ1) is 28.3. The Balaban J connectivity index is 1.17. The van der Waals surface area contributed by atoms with E-state index in [1.54, 1.807) is 11.0 Å². The van der Waals surface area contributed by atoms with Crippen molar-refractivity contribution in [2.75, 3.05) is 13.2 Å². The van der Waals surface area contributed by atoms with E-state index in [4.69, 9.17) is 14.5 Å². The van der Waals surface area contributed by atoms with E-state index in [1.165, 1.54) is 5.56 Å². The van der Waals surface area contributed by atoms with Crippen LogP contribution in [0.1, 0.15) is 102 Å². The number of amides is 2. The Morgan fingerprint density at radius 1 is 1.02 bits per heavy atom. The largest absolute Gasteiger partial charge is 0.488 e. The number of carbonyl (C=O) groups excluding carboxylic acids is 4. The number of Topliss-reactive ketones (excluding diaryl/α,β-unsaturated/α-hetero) is 1. The first-order valence-corrected chi connectivity index (χ1v) is 23.2. The molecule has 3 saturated carbocycles. The minimum Gasteiger partial charge on any atom is -0.488 e. The molecule has 59 heavy (non-hydrogen) atoms. The van der Waals surface area contributed by atoms with Crippen LogP contribution in [0.3, 0.4) is 0 Å². The summed E-state index contributed by atoms with van der Waals surface area (Å²) in [4.78, 5) is 63.8. The molecule has 0 radical (unpaired) electrons. The molecule has 6 atom stereocenters. The Hall–Kier alpha value is -4.58. The summed E-state index contributed by atoms with van der Waals surface area (Å²) >= 11 is 0. The van der Waals surface area contributed by atoms with Crippen molar-refractivity contribution in [1.29, 1.82) is 0 Å². The molecule has 4 fully saturated rings. The van der Waals surface area contributed by atoms with E-state index >= 15 is 4.79 Å². The minimum absolute atomic E-state index is 0.0416. The Bertz CT molecular complexity index is 2230. The highest BCUT2D eigenvalue weighted by atomic mass is 32.2. The zero-order valence-corrected chi connectivity index (χ0v) is 35.1. The number of hydrogen-bond acceptors (Lipinski definition) is 9. The number of carbonyl (C=O) groups is 4. The number of allylic oxidation sites excluding steroid dienone is 1. The van der Waals surface area contributed by atoms with Crippen molar-refractivity contribution in [3.8, 4) is 17.0 Å². The van der Waals surface area contributed by atoms with E-state index in [-0.39, 0.29) is 68.3 Å². The molecule has 3 heterocycles. The number of pyridine rings is 1. The van der Waals surface area contributed by atoms with Crippen LogP contribution in [0.25, 0.3) is 22.2 Å². The highest BCUT2D eigenvalue weighted by Crippen LogP contribution is 2.57. The van der Waals surface area contributed by atoms with E-state index in [0.29, 0.717) is 18.6 Å². The van der Waals surface area contributed by atoms with Crippen LogP contribution in [-0.4, -0.2) is 72.4 Å². The van der Waals surface area contributed by atoms with Gasteiger partial charge in [0, 0.05) is 29.9 Å². The van der Waals surface area contributed by atoms with Crippen molar-refractivity contribution in [2.24, 2.45) is 29.1 Å². The fourth-order valence-electron chi connectivity index (χ4n) is 9.84. The smallest absolute Gasteiger partial charge is 0.306 e. The molecule has 12 heteroatoms. The number of nitrogens with one attached hydrogen (secondary N) is 1. The number of rotatable bonds is 9. The van der Waals surface area contributed by atoms with Gasteiger partial charge in [-0.3, -0.25) is 23.9 Å². The van der Waals surface area contributed by atoms with Gasteiger partial charge in [-0.05, 0) is 99.3 Å². The molecule has 2 aromatic carbocycles. The topological polar surface area (TPSA) is 149 Å². The Morgan fingerprint density at radius 2 is 1.78 bits per heavy atom. The summed E-state index contributed by atoms with van der Waals surface area (Å²) in [6.07, 6.45) is 9.33. The molecule has 8 rings (SSSR count). The van der Waals surface area contributed by atoms with Crippen molar-refractivity contribution >= 4 is 44.5 Å². The van der Waals surface area contributed by atoms with E-state index in [1.807, 2.05) is 36.4 Å². The number of cyclic esters (lactones) is 1. The van der Waals surface area contributed by atoms with Gasteiger partial charge in [0.05, 0.1) is 53.4 Å². The van der Waals surface area contributed by atoms with Crippen molar-refractivity contribution in [1.82, 2.24) is 14.6 Å². The van der Waals surface area contributed by atoms with Gasteiger partial charge in [-0.2, -0.15) is 0 Å². The number of sulfonamides is 1. The molecule has 2 aliphatic heterocycles. The summed E-state index contributed by atoms with van der Waals surface area (Å²) in [6, 6.07) is 15.1. The number of hydrogen-bond donors (Lipinski definition) is 1. The van der Waals surface area contributed by atoms with Gasteiger partial charge < -0.3 is 14.4 Å². The molecule has 2 amide bonds. The van der Waals surface area contributed by atoms with Crippen LogP contribution in [0.5, 0.6) is 5.75 Å². The van der Waals surface area contributed by atoms with Crippen LogP contribution in [0, 0.1) is 36.0 Å². The number of nitrogens with zero attached hydrogens (tertiary/aromatic N) is 2. The molecule has 3 aromatic rings. The van der Waals surface area contributed by atoms with Gasteiger partial charge in [-0.1, -0.05) is 62.6 Å². The van der Waals surface area contributed by atoms with Crippen molar-refractivity contribution in [3.05, 3.63) is 72.3 Å². The lowest BCUT2D eigenvalue weighted by molar-refractivity contribution is -0.153. The zero-order chi connectivity index (χ0) is 41.5. The van der Waals surface area contributed by atoms with Gasteiger partial charge in [0.15, 0.2) is 5.78 Å². The minimum atomic E-state index is -3.85. The van der Waals surface area contributed by atoms with Crippen molar-refractivity contribution in [3.63, 3.8) is 0 Å². The van der Waals surface area contributed by atoms with Crippen LogP contribution in [0.4, 0.5) is 0 Å². The lowest BCUT2D eigenvalue weighted by atomic mass is 9.77. The number of esters is 1. The van der Waals surface area contributed by atoms with Crippen molar-refractivity contribution < 1.29 is 37.1 Å². The predicted molar refractivity (Wildman–Crippen MR) is 225 cm³/mol. The third-order valence-corrected chi connectivity index (χ3v) is 15.5. The highest BCUT2D eigenvalue weighted by Gasteiger charge is 2.61. The van der Waals surface area contributed by atoms with Crippen LogP contribution >= 0.6 is 0 Å². The number of ether oxygens (including phenoxy) is 2. The quantitative estimate of drug-likeness (QED) is 0.172. The highest BCUT2D eigenvalue weighted by molar-refractivity contribution is 7.90. The fourth-order valence-corrected chi connectivity index (χ4v) is 11.2. The standard InChI is InChI=1S/C47H57N3O8S/c1-4-34-25-47(34,46(54)49-59(55,56)36-18-19-36)26-42(51)41-22-35-27-50(41)45(53)37(31-13-7-5-8-14-31)23-44(52)57-28-29(2)12-11-17-33-21-38-40(20-30(33)3)48-39(24-43(38)58-35)32-15-9-6-10-16-32/h4,6,9-10,15-16,20-21,24,29,31,34-37,41H,1,5,7-8,11-14,17-19,22-23,25-28H2,2-3H3,(H,49,54)/t29?,34-,35-,37+,41+,47-/m1/s1. The zero-order valence-electron chi connectivity index (χ0n) is 34.3.